The molecule has 1 heterocycles. The molecule has 0 saturated heterocycles. The van der Waals surface area contributed by atoms with Gasteiger partial charge in [0, 0.05) is 26.6 Å². The fourth-order valence-corrected chi connectivity index (χ4v) is 4.55. The summed E-state index contributed by atoms with van der Waals surface area (Å²) in [5.74, 6) is 0.196. The minimum atomic E-state index is -0.389. The molecule has 0 fully saturated rings. The number of unbranched alkanes of at least 4 members (excludes halogenated alkanes) is 3. The van der Waals surface area contributed by atoms with Gasteiger partial charge in [-0.1, -0.05) is 44.4 Å². The molecule has 0 saturated carbocycles. The van der Waals surface area contributed by atoms with Gasteiger partial charge in [-0.25, -0.2) is 5.43 Å². The molecule has 2 aromatic carbocycles. The molecule has 0 aliphatic heterocycles. The molecule has 8 heteroatoms. The molecule has 0 radical (unpaired) electrons. The Morgan fingerprint density at radius 3 is 2.56 bits per heavy atom. The summed E-state index contributed by atoms with van der Waals surface area (Å²) < 4.78 is 11.6. The van der Waals surface area contributed by atoms with E-state index in [-0.39, 0.29) is 18.4 Å². The van der Waals surface area contributed by atoms with E-state index in [1.165, 1.54) is 25.3 Å². The van der Waals surface area contributed by atoms with Crippen LogP contribution >= 0.6 is 11.3 Å². The third kappa shape index (κ3) is 6.57. The number of rotatable bonds is 12. The number of fused-ring (bicyclic) bond motifs is 1. The van der Waals surface area contributed by atoms with E-state index in [1.54, 1.807) is 29.5 Å². The van der Waals surface area contributed by atoms with E-state index in [0.717, 1.165) is 42.3 Å². The summed E-state index contributed by atoms with van der Waals surface area (Å²) in [6.07, 6.45) is 5.23. The number of hydrogen-bond acceptors (Lipinski definition) is 6. The molecule has 2 N–H and O–H groups in total. The van der Waals surface area contributed by atoms with E-state index in [1.807, 2.05) is 12.1 Å². The van der Waals surface area contributed by atoms with E-state index in [2.05, 4.69) is 40.3 Å². The summed E-state index contributed by atoms with van der Waals surface area (Å²) >= 11 is 1.67. The lowest BCUT2D eigenvalue weighted by molar-refractivity contribution is -0.120. The number of hydrazone groups is 1. The van der Waals surface area contributed by atoms with Gasteiger partial charge in [0.05, 0.1) is 26.5 Å². The highest BCUT2D eigenvalue weighted by Crippen LogP contribution is 2.28. The Hall–Kier alpha value is -3.39. The Kier molecular flexibility index (Phi) is 9.46. The van der Waals surface area contributed by atoms with Crippen molar-refractivity contribution in [3.05, 3.63) is 59.0 Å². The highest BCUT2D eigenvalue weighted by molar-refractivity contribution is 7.17. The molecule has 0 atom stereocenters. The lowest BCUT2D eigenvalue weighted by Gasteiger charge is -2.10. The van der Waals surface area contributed by atoms with Crippen molar-refractivity contribution in [2.75, 3.05) is 20.8 Å². The van der Waals surface area contributed by atoms with E-state index >= 15 is 0 Å². The van der Waals surface area contributed by atoms with Gasteiger partial charge in [0.25, 0.3) is 11.8 Å². The molecule has 0 bridgehead atoms. The maximum atomic E-state index is 12.5. The van der Waals surface area contributed by atoms with Crippen LogP contribution in [0.15, 0.2) is 52.9 Å². The molecule has 34 heavy (non-hydrogen) atoms. The van der Waals surface area contributed by atoms with E-state index < -0.39 is 0 Å². The van der Waals surface area contributed by atoms with Crippen molar-refractivity contribution in [3.63, 3.8) is 0 Å². The normalized spacial score (nSPS) is 11.3. The molecule has 0 aliphatic carbocycles. The molecular weight excluding hydrogens is 450 g/mol. The highest BCUT2D eigenvalue weighted by Gasteiger charge is 2.14. The van der Waals surface area contributed by atoms with Gasteiger partial charge in [0.2, 0.25) is 0 Å². The SMILES string of the molecule is CCCCCC/C(=N\NC(=O)CNC(=O)c1ccc(OC)c(OC)c1)c1csc2ccccc12. The first-order chi connectivity index (χ1) is 16.6. The second-order valence-corrected chi connectivity index (χ2v) is 8.71. The number of thiophene rings is 1. The van der Waals surface area contributed by atoms with Crippen LogP contribution in [0, 0.1) is 0 Å². The molecule has 1 aromatic heterocycles. The standard InChI is InChI=1S/C26H31N3O4S/c1-4-5-6-7-11-21(20-17-34-24-12-9-8-10-19(20)24)28-29-25(30)16-27-26(31)18-13-14-22(32-2)23(15-18)33-3/h8-10,12-15,17H,4-7,11,16H2,1-3H3,(H,27,31)(H,29,30)/b28-21+. The topological polar surface area (TPSA) is 89.0 Å². The number of carbonyl (C=O) groups excluding carboxylic acids is 2. The quantitative estimate of drug-likeness (QED) is 0.213. The van der Waals surface area contributed by atoms with Crippen LogP contribution in [-0.4, -0.2) is 38.3 Å². The van der Waals surface area contributed by atoms with Crippen LogP contribution in [0.1, 0.15) is 54.9 Å². The number of amides is 2. The summed E-state index contributed by atoms with van der Waals surface area (Å²) in [5.41, 5.74) is 4.89. The highest BCUT2D eigenvalue weighted by atomic mass is 32.1. The Balaban J connectivity index is 1.65. The van der Waals surface area contributed by atoms with Gasteiger partial charge in [0.15, 0.2) is 11.5 Å². The van der Waals surface area contributed by atoms with Crippen LogP contribution in [0.25, 0.3) is 10.1 Å². The van der Waals surface area contributed by atoms with Gasteiger partial charge >= 0.3 is 0 Å². The van der Waals surface area contributed by atoms with Crippen molar-refractivity contribution < 1.29 is 19.1 Å². The zero-order valence-electron chi connectivity index (χ0n) is 19.8. The minimum Gasteiger partial charge on any atom is -0.493 e. The maximum absolute atomic E-state index is 12.5. The number of ether oxygens (including phenoxy) is 2. The van der Waals surface area contributed by atoms with Gasteiger partial charge < -0.3 is 14.8 Å². The summed E-state index contributed by atoms with van der Waals surface area (Å²) in [5, 5.41) is 10.3. The fraction of sp³-hybridized carbons (Fsp3) is 0.346. The molecular formula is C26H31N3O4S. The third-order valence-corrected chi connectivity index (χ3v) is 6.39. The maximum Gasteiger partial charge on any atom is 0.259 e. The molecule has 0 aliphatic rings. The molecule has 0 spiro atoms. The van der Waals surface area contributed by atoms with Gasteiger partial charge in [0.1, 0.15) is 0 Å². The number of nitrogens with zero attached hydrogens (tertiary/aromatic N) is 1. The molecule has 3 rings (SSSR count). The van der Waals surface area contributed by atoms with E-state index in [4.69, 9.17) is 9.47 Å². The number of benzene rings is 2. The average Bonchev–Trinajstić information content (AvgIpc) is 3.30. The van der Waals surface area contributed by atoms with Gasteiger partial charge in [-0.05, 0) is 37.1 Å². The van der Waals surface area contributed by atoms with Crippen molar-refractivity contribution in [3.8, 4) is 11.5 Å². The van der Waals surface area contributed by atoms with E-state index in [0.29, 0.717) is 17.1 Å². The fourth-order valence-electron chi connectivity index (χ4n) is 3.58. The number of methoxy groups -OCH3 is 2. The van der Waals surface area contributed by atoms with Crippen molar-refractivity contribution in [2.45, 2.75) is 39.0 Å². The zero-order chi connectivity index (χ0) is 24.3. The number of carbonyl (C=O) groups is 2. The van der Waals surface area contributed by atoms with Gasteiger partial charge in [-0.3, -0.25) is 9.59 Å². The first-order valence-electron chi connectivity index (χ1n) is 11.4. The first-order valence-corrected chi connectivity index (χ1v) is 12.3. The van der Waals surface area contributed by atoms with Crippen LogP contribution in [0.4, 0.5) is 0 Å². The molecule has 0 unspecified atom stereocenters. The Morgan fingerprint density at radius 2 is 1.79 bits per heavy atom. The summed E-state index contributed by atoms with van der Waals surface area (Å²) in [4.78, 5) is 24.9. The van der Waals surface area contributed by atoms with Crippen LogP contribution in [0.5, 0.6) is 11.5 Å². The average molecular weight is 482 g/mol. The van der Waals surface area contributed by atoms with Crippen molar-refractivity contribution in [2.24, 2.45) is 5.10 Å². The van der Waals surface area contributed by atoms with Crippen LogP contribution in [0.2, 0.25) is 0 Å². The smallest absolute Gasteiger partial charge is 0.259 e. The van der Waals surface area contributed by atoms with Crippen LogP contribution in [-0.2, 0) is 4.79 Å². The summed E-state index contributed by atoms with van der Waals surface area (Å²) in [7, 11) is 3.03. The lowest BCUT2D eigenvalue weighted by Crippen LogP contribution is -2.35. The Morgan fingerprint density at radius 1 is 1.00 bits per heavy atom. The molecule has 2 amide bonds. The molecule has 3 aromatic rings. The predicted octanol–water partition coefficient (Wildman–Crippen LogP) is 5.14. The largest absolute Gasteiger partial charge is 0.493 e. The number of hydrogen-bond donors (Lipinski definition) is 2. The van der Waals surface area contributed by atoms with Crippen LogP contribution < -0.4 is 20.2 Å². The lowest BCUT2D eigenvalue weighted by atomic mass is 10.0. The molecule has 180 valence electrons. The number of nitrogens with one attached hydrogen (secondary N) is 2. The van der Waals surface area contributed by atoms with Gasteiger partial charge in [-0.15, -0.1) is 11.3 Å². The second-order valence-electron chi connectivity index (χ2n) is 7.80. The minimum absolute atomic E-state index is 0.190. The van der Waals surface area contributed by atoms with E-state index in [9.17, 15) is 9.59 Å². The first kappa shape index (κ1) is 25.2. The monoisotopic (exact) mass is 481 g/mol. The second kappa shape index (κ2) is 12.7. The van der Waals surface area contributed by atoms with Crippen molar-refractivity contribution in [1.29, 1.82) is 0 Å². The Bertz CT molecular complexity index is 1160. The zero-order valence-corrected chi connectivity index (χ0v) is 20.7. The summed E-state index contributed by atoms with van der Waals surface area (Å²) in [6.45, 7) is 1.99. The van der Waals surface area contributed by atoms with Crippen molar-refractivity contribution in [1.82, 2.24) is 10.7 Å². The predicted molar refractivity (Wildman–Crippen MR) is 137 cm³/mol. The Labute approximate surface area is 204 Å². The van der Waals surface area contributed by atoms with Gasteiger partial charge in [-0.2, -0.15) is 5.10 Å². The molecule has 7 nitrogen and oxygen atoms in total. The third-order valence-electron chi connectivity index (χ3n) is 5.43. The van der Waals surface area contributed by atoms with Crippen LogP contribution in [0.3, 0.4) is 0 Å². The van der Waals surface area contributed by atoms with Crippen molar-refractivity contribution >= 4 is 38.9 Å². The summed E-state index contributed by atoms with van der Waals surface area (Å²) in [6, 6.07) is 13.0.